The first-order valence-electron chi connectivity index (χ1n) is 11.7. The number of thiophene rings is 1. The van der Waals surface area contributed by atoms with Gasteiger partial charge in [0.15, 0.2) is 11.5 Å². The second-order valence-electron chi connectivity index (χ2n) is 8.57. The standard InChI is InChI=1S/C29H25N3O4S/c1-18-12-22(37-16-18)14-23(21-10-11-26-27(13-21)36-17-35-26)29(34)31-15-19-6-8-20(9-7-19)28(33)32-25-5-3-2-4-24(25)30/h2-14,16H,15,17,30H2,1H3,(H,31,34)(H,32,33). The van der Waals surface area contributed by atoms with Crippen molar-refractivity contribution in [3.63, 3.8) is 0 Å². The Morgan fingerprint density at radius 2 is 1.73 bits per heavy atom. The molecule has 0 spiro atoms. The summed E-state index contributed by atoms with van der Waals surface area (Å²) in [4.78, 5) is 26.9. The van der Waals surface area contributed by atoms with Gasteiger partial charge in [-0.3, -0.25) is 9.59 Å². The first-order valence-corrected chi connectivity index (χ1v) is 12.5. The van der Waals surface area contributed by atoms with Crippen LogP contribution in [0.4, 0.5) is 11.4 Å². The number of nitrogens with two attached hydrogens (primary N) is 1. The highest BCUT2D eigenvalue weighted by Crippen LogP contribution is 2.35. The third kappa shape index (κ3) is 5.65. The molecule has 0 saturated carbocycles. The Morgan fingerprint density at radius 1 is 0.973 bits per heavy atom. The van der Waals surface area contributed by atoms with Crippen LogP contribution in [0, 0.1) is 6.92 Å². The molecular weight excluding hydrogens is 486 g/mol. The molecule has 1 aromatic heterocycles. The van der Waals surface area contributed by atoms with Gasteiger partial charge in [0.1, 0.15) is 0 Å². The van der Waals surface area contributed by atoms with Gasteiger partial charge in [-0.15, -0.1) is 11.3 Å². The number of nitrogen functional groups attached to an aromatic ring is 1. The van der Waals surface area contributed by atoms with Crippen molar-refractivity contribution in [1.29, 1.82) is 0 Å². The number of amides is 2. The van der Waals surface area contributed by atoms with Crippen LogP contribution in [0.25, 0.3) is 11.6 Å². The van der Waals surface area contributed by atoms with Gasteiger partial charge in [0.05, 0.1) is 11.4 Å². The van der Waals surface area contributed by atoms with Gasteiger partial charge in [0.25, 0.3) is 11.8 Å². The highest BCUT2D eigenvalue weighted by molar-refractivity contribution is 7.11. The second kappa shape index (κ2) is 10.6. The zero-order valence-electron chi connectivity index (χ0n) is 20.1. The lowest BCUT2D eigenvalue weighted by Crippen LogP contribution is -2.24. The highest BCUT2D eigenvalue weighted by Gasteiger charge is 2.19. The summed E-state index contributed by atoms with van der Waals surface area (Å²) in [6, 6.07) is 21.7. The molecule has 1 aliphatic rings. The number of nitrogens with one attached hydrogen (secondary N) is 2. The maximum atomic E-state index is 13.3. The predicted octanol–water partition coefficient (Wildman–Crippen LogP) is 5.48. The van der Waals surface area contributed by atoms with Crippen LogP contribution in [0.5, 0.6) is 11.5 Å². The van der Waals surface area contributed by atoms with Gasteiger partial charge in [-0.05, 0) is 77.5 Å². The number of aryl methyl sites for hydroxylation is 1. The number of fused-ring (bicyclic) bond motifs is 1. The van der Waals surface area contributed by atoms with Crippen molar-refractivity contribution >= 4 is 46.2 Å². The molecule has 7 nitrogen and oxygen atoms in total. The van der Waals surface area contributed by atoms with E-state index < -0.39 is 0 Å². The van der Waals surface area contributed by atoms with E-state index in [0.29, 0.717) is 40.6 Å². The summed E-state index contributed by atoms with van der Waals surface area (Å²) in [5, 5.41) is 7.86. The summed E-state index contributed by atoms with van der Waals surface area (Å²) in [5.74, 6) is 0.804. The smallest absolute Gasteiger partial charge is 0.255 e. The van der Waals surface area contributed by atoms with Crippen LogP contribution >= 0.6 is 11.3 Å². The molecule has 8 heteroatoms. The van der Waals surface area contributed by atoms with Gasteiger partial charge in [0, 0.05) is 22.6 Å². The zero-order valence-corrected chi connectivity index (χ0v) is 20.9. The van der Waals surface area contributed by atoms with Gasteiger partial charge in [-0.25, -0.2) is 0 Å². The lowest BCUT2D eigenvalue weighted by atomic mass is 10.0. The third-order valence-electron chi connectivity index (χ3n) is 5.84. The normalized spacial score (nSPS) is 12.3. The number of benzene rings is 3. The van der Waals surface area contributed by atoms with Gasteiger partial charge in [-0.2, -0.15) is 0 Å². The van der Waals surface area contributed by atoms with E-state index in [0.717, 1.165) is 21.6 Å². The van der Waals surface area contributed by atoms with E-state index >= 15 is 0 Å². The highest BCUT2D eigenvalue weighted by atomic mass is 32.1. The fraction of sp³-hybridized carbons (Fsp3) is 0.103. The Balaban J connectivity index is 1.29. The van der Waals surface area contributed by atoms with E-state index in [1.54, 1.807) is 35.6 Å². The Hall–Kier alpha value is -4.56. The van der Waals surface area contributed by atoms with Gasteiger partial charge in [0.2, 0.25) is 6.79 Å². The monoisotopic (exact) mass is 511 g/mol. The van der Waals surface area contributed by atoms with Crippen LogP contribution in [0.15, 0.2) is 78.2 Å². The summed E-state index contributed by atoms with van der Waals surface area (Å²) >= 11 is 1.58. The molecule has 37 heavy (non-hydrogen) atoms. The van der Waals surface area contributed by atoms with E-state index in [1.165, 1.54) is 0 Å². The topological polar surface area (TPSA) is 103 Å². The summed E-state index contributed by atoms with van der Waals surface area (Å²) in [6.07, 6.45) is 1.88. The van der Waals surface area contributed by atoms with Crippen LogP contribution in [-0.2, 0) is 11.3 Å². The van der Waals surface area contributed by atoms with Crippen molar-refractivity contribution in [3.8, 4) is 11.5 Å². The van der Waals surface area contributed by atoms with Gasteiger partial charge in [-0.1, -0.05) is 30.3 Å². The fourth-order valence-corrected chi connectivity index (χ4v) is 4.70. The number of para-hydroxylation sites is 2. The van der Waals surface area contributed by atoms with Crippen molar-refractivity contribution in [2.24, 2.45) is 0 Å². The van der Waals surface area contributed by atoms with Crippen LogP contribution in [0.1, 0.15) is 31.9 Å². The minimum absolute atomic E-state index is 0.168. The molecular formula is C29H25N3O4S. The molecule has 4 aromatic rings. The van der Waals surface area contributed by atoms with Crippen molar-refractivity contribution in [1.82, 2.24) is 5.32 Å². The Labute approximate surface area is 218 Å². The molecule has 0 unspecified atom stereocenters. The van der Waals surface area contributed by atoms with Crippen molar-refractivity contribution in [2.45, 2.75) is 13.5 Å². The number of rotatable bonds is 7. The van der Waals surface area contributed by atoms with Crippen molar-refractivity contribution in [2.75, 3.05) is 17.8 Å². The summed E-state index contributed by atoms with van der Waals surface area (Å²) in [5.41, 5.74) is 10.7. The summed E-state index contributed by atoms with van der Waals surface area (Å²) < 4.78 is 10.9. The van der Waals surface area contributed by atoms with E-state index in [-0.39, 0.29) is 18.6 Å². The molecule has 0 radical (unpaired) electrons. The molecule has 4 N–H and O–H groups in total. The quantitative estimate of drug-likeness (QED) is 0.225. The Morgan fingerprint density at radius 3 is 2.49 bits per heavy atom. The lowest BCUT2D eigenvalue weighted by Gasteiger charge is -2.11. The van der Waals surface area contributed by atoms with E-state index in [4.69, 9.17) is 15.2 Å². The number of ether oxygens (including phenoxy) is 2. The second-order valence-corrected chi connectivity index (χ2v) is 9.52. The van der Waals surface area contributed by atoms with Crippen LogP contribution in [-0.4, -0.2) is 18.6 Å². The predicted molar refractivity (Wildman–Crippen MR) is 147 cm³/mol. The number of hydrogen-bond donors (Lipinski definition) is 3. The molecule has 1 aliphatic heterocycles. The number of hydrogen-bond acceptors (Lipinski definition) is 6. The Kier molecular flexibility index (Phi) is 6.91. The summed E-state index contributed by atoms with van der Waals surface area (Å²) in [7, 11) is 0. The average molecular weight is 512 g/mol. The first kappa shape index (κ1) is 24.1. The number of carbonyl (C=O) groups excluding carboxylic acids is 2. The van der Waals surface area contributed by atoms with Crippen molar-refractivity contribution in [3.05, 3.63) is 105 Å². The van der Waals surface area contributed by atoms with E-state index in [1.807, 2.05) is 66.9 Å². The Bertz CT molecular complexity index is 1490. The van der Waals surface area contributed by atoms with Crippen LogP contribution in [0.3, 0.4) is 0 Å². The number of anilines is 2. The first-order chi connectivity index (χ1) is 18.0. The SMILES string of the molecule is Cc1csc(C=C(C(=O)NCc2ccc(C(=O)Nc3ccccc3N)cc2)c2ccc3c(c2)OCO3)c1. The van der Waals surface area contributed by atoms with E-state index in [9.17, 15) is 9.59 Å². The molecule has 0 fully saturated rings. The molecule has 0 aliphatic carbocycles. The zero-order chi connectivity index (χ0) is 25.8. The largest absolute Gasteiger partial charge is 0.454 e. The third-order valence-corrected chi connectivity index (χ3v) is 6.84. The molecule has 5 rings (SSSR count). The van der Waals surface area contributed by atoms with Crippen molar-refractivity contribution < 1.29 is 19.1 Å². The minimum atomic E-state index is -0.257. The molecule has 0 bridgehead atoms. The molecule has 0 atom stereocenters. The minimum Gasteiger partial charge on any atom is -0.454 e. The maximum Gasteiger partial charge on any atom is 0.255 e. The van der Waals surface area contributed by atoms with Gasteiger partial charge >= 0.3 is 0 Å². The molecule has 186 valence electrons. The molecule has 3 aromatic carbocycles. The van der Waals surface area contributed by atoms with Gasteiger partial charge < -0.3 is 25.8 Å². The summed E-state index contributed by atoms with van der Waals surface area (Å²) in [6.45, 7) is 2.49. The fourth-order valence-electron chi connectivity index (χ4n) is 3.87. The molecule has 2 heterocycles. The van der Waals surface area contributed by atoms with Crippen LogP contribution in [0.2, 0.25) is 0 Å². The molecule has 0 saturated heterocycles. The number of carbonyl (C=O) groups is 2. The van der Waals surface area contributed by atoms with Crippen LogP contribution < -0.4 is 25.8 Å². The van der Waals surface area contributed by atoms with E-state index in [2.05, 4.69) is 10.6 Å². The lowest BCUT2D eigenvalue weighted by molar-refractivity contribution is -0.115. The molecule has 2 amide bonds. The maximum absolute atomic E-state index is 13.3. The average Bonchev–Trinajstić information content (AvgIpc) is 3.55.